The van der Waals surface area contributed by atoms with Gasteiger partial charge in [-0.3, -0.25) is 0 Å². The van der Waals surface area contributed by atoms with Crippen molar-refractivity contribution in [3.05, 3.63) is 0 Å². The Kier molecular flexibility index (Phi) is 9.69. The Balaban J connectivity index is 4.92. The fourth-order valence-corrected chi connectivity index (χ4v) is 14.4. The van der Waals surface area contributed by atoms with Crippen LogP contribution in [0.2, 0.25) is 39.3 Å². The SMILES string of the molecule is COCC#CC(COCOC)NC([Si](C)(C)C)[Si](C)(C)C. The van der Waals surface area contributed by atoms with E-state index < -0.39 is 16.1 Å². The van der Waals surface area contributed by atoms with Gasteiger partial charge in [-0.25, -0.2) is 0 Å². The minimum atomic E-state index is -1.32. The Labute approximate surface area is 133 Å². The second-order valence-corrected chi connectivity index (χ2v) is 18.6. The quantitative estimate of drug-likeness (QED) is 0.305. The van der Waals surface area contributed by atoms with Gasteiger partial charge >= 0.3 is 0 Å². The van der Waals surface area contributed by atoms with Gasteiger partial charge in [0.2, 0.25) is 0 Å². The van der Waals surface area contributed by atoms with E-state index in [0.717, 1.165) is 0 Å². The third kappa shape index (κ3) is 9.45. The summed E-state index contributed by atoms with van der Waals surface area (Å²) in [6, 6.07) is 0.0266. The van der Waals surface area contributed by atoms with Crippen LogP contribution in [-0.2, 0) is 14.2 Å². The van der Waals surface area contributed by atoms with Crippen molar-refractivity contribution < 1.29 is 14.2 Å². The number of hydrogen-bond donors (Lipinski definition) is 1. The van der Waals surface area contributed by atoms with Crippen LogP contribution in [0, 0.1) is 11.8 Å². The van der Waals surface area contributed by atoms with Crippen LogP contribution in [0.5, 0.6) is 0 Å². The maximum absolute atomic E-state index is 5.50. The molecule has 0 bridgehead atoms. The largest absolute Gasteiger partial charge is 0.372 e. The Morgan fingerprint density at radius 1 is 0.952 bits per heavy atom. The van der Waals surface area contributed by atoms with E-state index >= 15 is 0 Å². The van der Waals surface area contributed by atoms with Gasteiger partial charge in [0.05, 0.1) is 28.8 Å². The molecule has 124 valence electrons. The molecule has 0 aromatic rings. The zero-order chi connectivity index (χ0) is 16.5. The van der Waals surface area contributed by atoms with Crippen molar-refractivity contribution in [1.82, 2.24) is 5.32 Å². The summed E-state index contributed by atoms with van der Waals surface area (Å²) in [6.45, 7) is 15.8. The van der Waals surface area contributed by atoms with Gasteiger partial charge in [-0.1, -0.05) is 51.1 Å². The van der Waals surface area contributed by atoms with Crippen molar-refractivity contribution in [2.45, 2.75) is 50.6 Å². The summed E-state index contributed by atoms with van der Waals surface area (Å²) >= 11 is 0. The standard InChI is InChI=1S/C15H33NO3Si2/c1-17-11-9-10-14(12-19-13-18-2)16-15(20(3,4)5)21(6,7)8/h14-16H,11-13H2,1-8H3. The lowest BCUT2D eigenvalue weighted by Crippen LogP contribution is -2.64. The van der Waals surface area contributed by atoms with E-state index in [-0.39, 0.29) is 6.04 Å². The number of methoxy groups -OCH3 is 2. The van der Waals surface area contributed by atoms with Crippen molar-refractivity contribution in [1.29, 1.82) is 0 Å². The fraction of sp³-hybridized carbons (Fsp3) is 0.867. The van der Waals surface area contributed by atoms with Crippen LogP contribution in [0.3, 0.4) is 0 Å². The van der Waals surface area contributed by atoms with Crippen LogP contribution in [-0.4, -0.2) is 61.7 Å². The summed E-state index contributed by atoms with van der Waals surface area (Å²) in [7, 11) is 0.659. The molecule has 0 aliphatic carbocycles. The summed E-state index contributed by atoms with van der Waals surface area (Å²) in [5, 5.41) is 4.35. The molecule has 0 aliphatic rings. The lowest BCUT2D eigenvalue weighted by Gasteiger charge is -2.40. The molecule has 0 aliphatic heterocycles. The average Bonchev–Trinajstić information content (AvgIpc) is 2.32. The second kappa shape index (κ2) is 9.77. The molecule has 0 aromatic heterocycles. The first-order valence-electron chi connectivity index (χ1n) is 7.43. The molecule has 0 fully saturated rings. The molecule has 1 N–H and O–H groups in total. The predicted molar refractivity (Wildman–Crippen MR) is 94.9 cm³/mol. The maximum atomic E-state index is 5.50. The molecular weight excluding hydrogens is 298 g/mol. The zero-order valence-electron chi connectivity index (χ0n) is 15.0. The fourth-order valence-electron chi connectivity index (χ4n) is 2.62. The Hall–Kier alpha value is -0.166. The van der Waals surface area contributed by atoms with Crippen LogP contribution in [0.1, 0.15) is 0 Å². The first kappa shape index (κ1) is 20.8. The molecule has 6 heteroatoms. The maximum Gasteiger partial charge on any atom is 0.146 e. The van der Waals surface area contributed by atoms with E-state index in [0.29, 0.717) is 25.3 Å². The molecule has 4 nitrogen and oxygen atoms in total. The molecule has 0 heterocycles. The lowest BCUT2D eigenvalue weighted by atomic mass is 10.3. The summed E-state index contributed by atoms with van der Waals surface area (Å²) < 4.78 is 15.5. The minimum absolute atomic E-state index is 0.0266. The second-order valence-electron chi connectivity index (χ2n) is 7.42. The van der Waals surface area contributed by atoms with Crippen molar-refractivity contribution in [2.24, 2.45) is 0 Å². The molecule has 0 rings (SSSR count). The summed E-state index contributed by atoms with van der Waals surface area (Å²) in [5.41, 5.74) is 0. The topological polar surface area (TPSA) is 39.7 Å². The highest BCUT2D eigenvalue weighted by atomic mass is 28.4. The average molecular weight is 332 g/mol. The van der Waals surface area contributed by atoms with Gasteiger partial charge < -0.3 is 19.5 Å². The number of nitrogens with one attached hydrogen (secondary N) is 1. The van der Waals surface area contributed by atoms with Crippen molar-refractivity contribution in [2.75, 3.05) is 34.2 Å². The van der Waals surface area contributed by atoms with E-state index in [2.05, 4.69) is 56.4 Å². The van der Waals surface area contributed by atoms with Crippen LogP contribution >= 0.6 is 0 Å². The van der Waals surface area contributed by atoms with Crippen LogP contribution in [0.4, 0.5) is 0 Å². The Morgan fingerprint density at radius 3 is 1.95 bits per heavy atom. The highest BCUT2D eigenvalue weighted by Gasteiger charge is 2.38. The van der Waals surface area contributed by atoms with Crippen LogP contribution in [0.25, 0.3) is 0 Å². The molecule has 0 amide bonds. The molecule has 0 saturated heterocycles. The number of hydrogen-bond acceptors (Lipinski definition) is 4. The van der Waals surface area contributed by atoms with E-state index in [4.69, 9.17) is 14.2 Å². The first-order valence-corrected chi connectivity index (χ1v) is 14.6. The summed E-state index contributed by atoms with van der Waals surface area (Å²) in [5.74, 6) is 6.28. The van der Waals surface area contributed by atoms with Gasteiger partial charge in [-0.15, -0.1) is 0 Å². The van der Waals surface area contributed by atoms with Gasteiger partial charge in [0.15, 0.2) is 0 Å². The van der Waals surface area contributed by atoms with Crippen molar-refractivity contribution in [3.8, 4) is 11.8 Å². The van der Waals surface area contributed by atoms with Gasteiger partial charge in [0.25, 0.3) is 0 Å². The predicted octanol–water partition coefficient (Wildman–Crippen LogP) is 2.34. The van der Waals surface area contributed by atoms with Gasteiger partial charge in [-0.2, -0.15) is 0 Å². The summed E-state index contributed by atoms with van der Waals surface area (Å²) in [4.78, 5) is 0. The van der Waals surface area contributed by atoms with Crippen molar-refractivity contribution >= 4 is 16.1 Å². The highest BCUT2D eigenvalue weighted by molar-refractivity contribution is 6.96. The normalized spacial score (nSPS) is 14.0. The third-order valence-corrected chi connectivity index (χ3v) is 12.1. The molecule has 0 saturated carbocycles. The molecule has 0 spiro atoms. The zero-order valence-corrected chi connectivity index (χ0v) is 17.0. The molecule has 21 heavy (non-hydrogen) atoms. The molecule has 0 radical (unpaired) electrons. The smallest absolute Gasteiger partial charge is 0.146 e. The monoisotopic (exact) mass is 331 g/mol. The van der Waals surface area contributed by atoms with Crippen LogP contribution < -0.4 is 5.32 Å². The van der Waals surface area contributed by atoms with Crippen LogP contribution in [0.15, 0.2) is 0 Å². The molecule has 1 unspecified atom stereocenters. The molecule has 1 atom stereocenters. The summed E-state index contributed by atoms with van der Waals surface area (Å²) in [6.07, 6.45) is 0. The lowest BCUT2D eigenvalue weighted by molar-refractivity contribution is -0.0335. The van der Waals surface area contributed by atoms with Gasteiger partial charge in [0, 0.05) is 14.2 Å². The van der Waals surface area contributed by atoms with E-state index in [1.807, 2.05) is 0 Å². The highest BCUT2D eigenvalue weighted by Crippen LogP contribution is 2.19. The van der Waals surface area contributed by atoms with Gasteiger partial charge in [0.1, 0.15) is 13.4 Å². The number of ether oxygens (including phenoxy) is 3. The molecule has 0 aromatic carbocycles. The number of rotatable bonds is 9. The van der Waals surface area contributed by atoms with E-state index in [1.54, 1.807) is 14.2 Å². The molecular formula is C15H33NO3Si2. The Bertz CT molecular complexity index is 326. The Morgan fingerprint density at radius 2 is 1.52 bits per heavy atom. The van der Waals surface area contributed by atoms with E-state index in [9.17, 15) is 0 Å². The minimum Gasteiger partial charge on any atom is -0.372 e. The van der Waals surface area contributed by atoms with E-state index in [1.165, 1.54) is 0 Å². The third-order valence-electron chi connectivity index (χ3n) is 3.08. The van der Waals surface area contributed by atoms with Gasteiger partial charge in [-0.05, 0) is 5.29 Å². The first-order chi connectivity index (χ1) is 9.62. The van der Waals surface area contributed by atoms with Crippen molar-refractivity contribution in [3.63, 3.8) is 0 Å².